The molecule has 7 heteroatoms. The molecule has 0 aliphatic rings. The summed E-state index contributed by atoms with van der Waals surface area (Å²) in [6.07, 6.45) is 3.02. The first-order valence-corrected chi connectivity index (χ1v) is 8.94. The van der Waals surface area contributed by atoms with Crippen LogP contribution >= 0.6 is 15.9 Å². The van der Waals surface area contributed by atoms with E-state index in [0.717, 1.165) is 4.47 Å². The van der Waals surface area contributed by atoms with Crippen molar-refractivity contribution in [1.29, 1.82) is 0 Å². The molecular weight excluding hydrogens is 380 g/mol. The first-order valence-electron chi connectivity index (χ1n) is 6.66. The van der Waals surface area contributed by atoms with Crippen molar-refractivity contribution in [2.24, 2.45) is 5.10 Å². The largest absolute Gasteiger partial charge is 0.489 e. The van der Waals surface area contributed by atoms with Gasteiger partial charge in [-0.25, -0.2) is 4.83 Å². The van der Waals surface area contributed by atoms with Crippen molar-refractivity contribution in [3.63, 3.8) is 0 Å². The van der Waals surface area contributed by atoms with Gasteiger partial charge in [-0.1, -0.05) is 46.8 Å². The molecule has 0 amide bonds. The van der Waals surface area contributed by atoms with Gasteiger partial charge in [0.25, 0.3) is 10.0 Å². The minimum atomic E-state index is -3.69. The predicted molar refractivity (Wildman–Crippen MR) is 94.2 cm³/mol. The molecule has 2 rings (SSSR count). The standard InChI is InChI=1S/C16H15BrN2O3S/c1-2-10-22-16-9-8-14(17)11-13(16)12-18-19-23(20,21)15-6-4-3-5-7-15/h2-9,11-12,19H,1,10H2/b18-12-. The maximum atomic E-state index is 12.1. The quantitative estimate of drug-likeness (QED) is 0.444. The molecule has 0 fully saturated rings. The van der Waals surface area contributed by atoms with Crippen molar-refractivity contribution in [2.75, 3.05) is 6.61 Å². The summed E-state index contributed by atoms with van der Waals surface area (Å²) in [5, 5.41) is 3.81. The average Bonchev–Trinajstić information content (AvgIpc) is 2.55. The number of benzene rings is 2. The van der Waals surface area contributed by atoms with Crippen LogP contribution in [0.4, 0.5) is 0 Å². The molecule has 2 aromatic carbocycles. The smallest absolute Gasteiger partial charge is 0.276 e. The number of rotatable bonds is 7. The van der Waals surface area contributed by atoms with E-state index in [1.807, 2.05) is 6.07 Å². The van der Waals surface area contributed by atoms with Gasteiger partial charge in [-0.3, -0.25) is 0 Å². The number of ether oxygens (including phenoxy) is 1. The molecule has 0 unspecified atom stereocenters. The number of nitrogens with one attached hydrogen (secondary N) is 1. The summed E-state index contributed by atoms with van der Waals surface area (Å²) in [7, 11) is -3.69. The van der Waals surface area contributed by atoms with Gasteiger partial charge in [0, 0.05) is 10.0 Å². The molecule has 0 aromatic heterocycles. The number of hydrogen-bond acceptors (Lipinski definition) is 4. The minimum absolute atomic E-state index is 0.148. The lowest BCUT2D eigenvalue weighted by atomic mass is 10.2. The minimum Gasteiger partial charge on any atom is -0.489 e. The van der Waals surface area contributed by atoms with Crippen molar-refractivity contribution in [3.05, 3.63) is 71.2 Å². The van der Waals surface area contributed by atoms with Crippen LogP contribution in [0.3, 0.4) is 0 Å². The van der Waals surface area contributed by atoms with Crippen LogP contribution in [-0.4, -0.2) is 21.2 Å². The topological polar surface area (TPSA) is 67.8 Å². The molecule has 0 saturated carbocycles. The molecule has 0 radical (unpaired) electrons. The highest BCUT2D eigenvalue weighted by Crippen LogP contribution is 2.21. The Morgan fingerprint density at radius 1 is 1.22 bits per heavy atom. The Labute approximate surface area is 143 Å². The highest BCUT2D eigenvalue weighted by Gasteiger charge is 2.11. The Hall–Kier alpha value is -2.12. The number of sulfonamides is 1. The van der Waals surface area contributed by atoms with Crippen LogP contribution in [0.1, 0.15) is 5.56 Å². The monoisotopic (exact) mass is 394 g/mol. The normalized spacial score (nSPS) is 11.3. The second kappa shape index (κ2) is 7.94. The Bertz CT molecular complexity index is 805. The SMILES string of the molecule is C=CCOc1ccc(Br)cc1/C=N\NS(=O)(=O)c1ccccc1. The van der Waals surface area contributed by atoms with Gasteiger partial charge in [-0.05, 0) is 30.3 Å². The van der Waals surface area contributed by atoms with E-state index in [2.05, 4.69) is 32.4 Å². The summed E-state index contributed by atoms with van der Waals surface area (Å²) in [5.41, 5.74) is 0.636. The second-order valence-electron chi connectivity index (χ2n) is 4.45. The van der Waals surface area contributed by atoms with Crippen molar-refractivity contribution in [2.45, 2.75) is 4.90 Å². The molecular formula is C16H15BrN2O3S. The Kier molecular flexibility index (Phi) is 5.95. The van der Waals surface area contributed by atoms with Crippen LogP contribution in [-0.2, 0) is 10.0 Å². The Morgan fingerprint density at radius 2 is 1.96 bits per heavy atom. The zero-order valence-corrected chi connectivity index (χ0v) is 14.5. The van der Waals surface area contributed by atoms with Gasteiger partial charge >= 0.3 is 0 Å². The number of hydrazone groups is 1. The van der Waals surface area contributed by atoms with Crippen molar-refractivity contribution >= 4 is 32.2 Å². The van der Waals surface area contributed by atoms with E-state index in [1.165, 1.54) is 18.3 Å². The molecule has 1 N–H and O–H groups in total. The first kappa shape index (κ1) is 17.2. The molecule has 0 aliphatic heterocycles. The zero-order valence-electron chi connectivity index (χ0n) is 12.1. The van der Waals surface area contributed by atoms with Gasteiger partial charge in [-0.15, -0.1) is 0 Å². The molecule has 0 spiro atoms. The molecule has 0 heterocycles. The van der Waals surface area contributed by atoms with Crippen LogP contribution in [0.5, 0.6) is 5.75 Å². The highest BCUT2D eigenvalue weighted by atomic mass is 79.9. The van der Waals surface area contributed by atoms with E-state index in [0.29, 0.717) is 17.9 Å². The van der Waals surface area contributed by atoms with Crippen LogP contribution in [0, 0.1) is 0 Å². The molecule has 0 atom stereocenters. The maximum absolute atomic E-state index is 12.1. The lowest BCUT2D eigenvalue weighted by Crippen LogP contribution is -2.18. The summed E-state index contributed by atoms with van der Waals surface area (Å²) in [4.78, 5) is 2.32. The molecule has 0 saturated heterocycles. The van der Waals surface area contributed by atoms with E-state index < -0.39 is 10.0 Å². The summed E-state index contributed by atoms with van der Waals surface area (Å²) < 4.78 is 30.5. The number of hydrogen-bond donors (Lipinski definition) is 1. The second-order valence-corrected chi connectivity index (χ2v) is 7.02. The van der Waals surface area contributed by atoms with E-state index >= 15 is 0 Å². The van der Waals surface area contributed by atoms with Crippen LogP contribution in [0.25, 0.3) is 0 Å². The fraction of sp³-hybridized carbons (Fsp3) is 0.0625. The van der Waals surface area contributed by atoms with Crippen molar-refractivity contribution < 1.29 is 13.2 Å². The van der Waals surface area contributed by atoms with E-state index in [-0.39, 0.29) is 4.90 Å². The Morgan fingerprint density at radius 3 is 2.65 bits per heavy atom. The van der Waals surface area contributed by atoms with Gasteiger partial charge < -0.3 is 4.74 Å². The summed E-state index contributed by atoms with van der Waals surface area (Å²) in [6.45, 7) is 3.94. The van der Waals surface area contributed by atoms with Gasteiger partial charge in [0.1, 0.15) is 12.4 Å². The van der Waals surface area contributed by atoms with Crippen LogP contribution in [0.2, 0.25) is 0 Å². The highest BCUT2D eigenvalue weighted by molar-refractivity contribution is 9.10. The Balaban J connectivity index is 2.17. The molecule has 2 aromatic rings. The van der Waals surface area contributed by atoms with E-state index in [9.17, 15) is 8.42 Å². The van der Waals surface area contributed by atoms with E-state index in [4.69, 9.17) is 4.74 Å². The lowest BCUT2D eigenvalue weighted by molar-refractivity contribution is 0.362. The fourth-order valence-corrected chi connectivity index (χ4v) is 2.91. The third-order valence-electron chi connectivity index (χ3n) is 2.76. The molecule has 0 aliphatic carbocycles. The fourth-order valence-electron chi connectivity index (χ4n) is 1.72. The molecule has 120 valence electrons. The van der Waals surface area contributed by atoms with Gasteiger partial charge in [0.2, 0.25) is 0 Å². The summed E-state index contributed by atoms with van der Waals surface area (Å²) in [5.74, 6) is 0.579. The van der Waals surface area contributed by atoms with Gasteiger partial charge in [-0.2, -0.15) is 13.5 Å². The third-order valence-corrected chi connectivity index (χ3v) is 4.49. The van der Waals surface area contributed by atoms with Crippen molar-refractivity contribution in [3.8, 4) is 5.75 Å². The summed E-state index contributed by atoms with van der Waals surface area (Å²) >= 11 is 3.36. The first-order chi connectivity index (χ1) is 11.0. The van der Waals surface area contributed by atoms with Gasteiger partial charge in [0.15, 0.2) is 0 Å². The van der Waals surface area contributed by atoms with Gasteiger partial charge in [0.05, 0.1) is 11.1 Å². The van der Waals surface area contributed by atoms with E-state index in [1.54, 1.807) is 36.4 Å². The number of nitrogens with zero attached hydrogens (tertiary/aromatic N) is 1. The molecule has 5 nitrogen and oxygen atoms in total. The lowest BCUT2D eigenvalue weighted by Gasteiger charge is -2.07. The maximum Gasteiger partial charge on any atom is 0.276 e. The predicted octanol–water partition coefficient (Wildman–Crippen LogP) is 3.33. The summed E-state index contributed by atoms with van der Waals surface area (Å²) in [6, 6.07) is 13.4. The average molecular weight is 395 g/mol. The van der Waals surface area contributed by atoms with Crippen molar-refractivity contribution in [1.82, 2.24) is 4.83 Å². The molecule has 23 heavy (non-hydrogen) atoms. The van der Waals surface area contributed by atoms with Crippen LogP contribution in [0.15, 0.2) is 75.7 Å². The third kappa shape index (κ3) is 4.94. The molecule has 0 bridgehead atoms. The zero-order chi connectivity index (χ0) is 16.7. The van der Waals surface area contributed by atoms with Crippen LogP contribution < -0.4 is 9.57 Å². The number of halogens is 1.